The third-order valence-corrected chi connectivity index (χ3v) is 4.88. The Morgan fingerprint density at radius 2 is 2.00 bits per heavy atom. The summed E-state index contributed by atoms with van der Waals surface area (Å²) in [5.41, 5.74) is 4.49. The van der Waals surface area contributed by atoms with Crippen LogP contribution in [0.4, 0.5) is 20.4 Å². The van der Waals surface area contributed by atoms with Crippen molar-refractivity contribution in [2.24, 2.45) is 5.10 Å². The van der Waals surface area contributed by atoms with Crippen molar-refractivity contribution in [3.8, 4) is 6.01 Å². The van der Waals surface area contributed by atoms with Crippen LogP contribution in [0.1, 0.15) is 16.8 Å². The predicted molar refractivity (Wildman–Crippen MR) is 121 cm³/mol. The minimum absolute atomic E-state index is 0.178. The van der Waals surface area contributed by atoms with Crippen LogP contribution in [0.5, 0.6) is 6.01 Å². The van der Waals surface area contributed by atoms with E-state index in [1.54, 1.807) is 18.3 Å². The number of aromatic nitrogens is 3. The number of nitrogens with one attached hydrogen (secondary N) is 1. The highest BCUT2D eigenvalue weighted by atomic mass is 19.3. The third-order valence-electron chi connectivity index (χ3n) is 4.88. The molecule has 0 unspecified atom stereocenters. The first-order chi connectivity index (χ1) is 16.0. The van der Waals surface area contributed by atoms with Gasteiger partial charge in [0.05, 0.1) is 19.4 Å². The summed E-state index contributed by atoms with van der Waals surface area (Å²) in [5.74, 6) is -2.43. The van der Waals surface area contributed by atoms with E-state index in [9.17, 15) is 8.78 Å². The van der Waals surface area contributed by atoms with Crippen molar-refractivity contribution in [2.75, 3.05) is 43.2 Å². The van der Waals surface area contributed by atoms with Crippen LogP contribution in [0.2, 0.25) is 0 Å². The van der Waals surface area contributed by atoms with E-state index in [1.165, 1.54) is 18.3 Å². The molecule has 1 saturated heterocycles. The van der Waals surface area contributed by atoms with Crippen LogP contribution < -0.4 is 15.1 Å². The van der Waals surface area contributed by atoms with Crippen LogP contribution in [-0.4, -0.2) is 54.1 Å². The van der Waals surface area contributed by atoms with Crippen LogP contribution in [0, 0.1) is 6.92 Å². The first-order valence-electron chi connectivity index (χ1n) is 10.5. The minimum atomic E-state index is -3.30. The molecule has 0 atom stereocenters. The summed E-state index contributed by atoms with van der Waals surface area (Å²) in [7, 11) is 0. The fraction of sp³-hybridized carbons (Fsp3) is 0.304. The van der Waals surface area contributed by atoms with Crippen molar-refractivity contribution >= 4 is 17.9 Å². The zero-order valence-electron chi connectivity index (χ0n) is 18.1. The number of anilines is 2. The van der Waals surface area contributed by atoms with Gasteiger partial charge in [-0.3, -0.25) is 10.4 Å². The number of aryl methyl sites for hydroxylation is 1. The van der Waals surface area contributed by atoms with Gasteiger partial charge in [-0.25, -0.2) is 0 Å². The number of nitrogens with zero attached hydrogens (tertiary/aromatic N) is 5. The maximum Gasteiger partial charge on any atom is 0.322 e. The molecule has 1 aromatic carbocycles. The summed E-state index contributed by atoms with van der Waals surface area (Å²) >= 11 is 0. The molecule has 0 spiro atoms. The first kappa shape index (κ1) is 22.5. The van der Waals surface area contributed by atoms with Crippen molar-refractivity contribution in [2.45, 2.75) is 12.8 Å². The summed E-state index contributed by atoms with van der Waals surface area (Å²) in [5, 5.41) is 4.21. The zero-order valence-corrected chi connectivity index (χ0v) is 18.1. The lowest BCUT2D eigenvalue weighted by Crippen LogP contribution is -2.37. The van der Waals surface area contributed by atoms with Gasteiger partial charge in [0.1, 0.15) is 11.5 Å². The van der Waals surface area contributed by atoms with Crippen molar-refractivity contribution in [3.05, 3.63) is 71.5 Å². The second-order valence-corrected chi connectivity index (χ2v) is 7.49. The monoisotopic (exact) mass is 454 g/mol. The normalized spacial score (nSPS) is 14.5. The summed E-state index contributed by atoms with van der Waals surface area (Å²) in [6.07, 6.45) is 2.96. The van der Waals surface area contributed by atoms with E-state index >= 15 is 0 Å². The lowest BCUT2D eigenvalue weighted by molar-refractivity contribution is -0.0527. The fourth-order valence-electron chi connectivity index (χ4n) is 3.22. The Labute approximate surface area is 190 Å². The molecule has 0 saturated carbocycles. The van der Waals surface area contributed by atoms with Crippen molar-refractivity contribution in [3.63, 3.8) is 0 Å². The Kier molecular flexibility index (Phi) is 7.04. The number of hydrogen-bond acceptors (Lipinski definition) is 8. The molecule has 1 fully saturated rings. The number of ether oxygens (including phenoxy) is 2. The number of morpholine rings is 1. The maximum atomic E-state index is 14.5. The van der Waals surface area contributed by atoms with Gasteiger partial charge in [-0.05, 0) is 24.6 Å². The molecule has 0 aliphatic carbocycles. The molecular weight excluding hydrogens is 430 g/mol. The quantitative estimate of drug-likeness (QED) is 0.411. The molecule has 4 rings (SSSR count). The van der Waals surface area contributed by atoms with Gasteiger partial charge in [-0.1, -0.05) is 35.9 Å². The highest BCUT2D eigenvalue weighted by Gasteiger charge is 2.34. The third kappa shape index (κ3) is 6.19. The molecule has 0 bridgehead atoms. The molecule has 1 aliphatic heterocycles. The molecule has 10 heteroatoms. The van der Waals surface area contributed by atoms with E-state index in [2.05, 4.69) is 25.5 Å². The van der Waals surface area contributed by atoms with Gasteiger partial charge in [0.2, 0.25) is 0 Å². The number of benzene rings is 1. The van der Waals surface area contributed by atoms with Gasteiger partial charge in [0, 0.05) is 25.4 Å². The highest BCUT2D eigenvalue weighted by molar-refractivity contribution is 5.80. The number of hydrogen-bond donors (Lipinski definition) is 1. The second kappa shape index (κ2) is 10.3. The average molecular weight is 454 g/mol. The minimum Gasteiger partial charge on any atom is -0.456 e. The van der Waals surface area contributed by atoms with Gasteiger partial charge < -0.3 is 14.4 Å². The molecule has 3 aromatic rings. The highest BCUT2D eigenvalue weighted by Crippen LogP contribution is 2.27. The molecular formula is C23H24F2N6O2. The molecule has 0 radical (unpaired) electrons. The van der Waals surface area contributed by atoms with Crippen LogP contribution in [0.25, 0.3) is 0 Å². The van der Waals surface area contributed by atoms with Gasteiger partial charge in [-0.2, -0.15) is 23.9 Å². The standard InChI is InChI=1S/C23H24F2N6O2/c1-17-5-4-6-18(13-17)15-27-30-20-14-21(31-9-11-32-12-10-31)29-22(28-20)33-16-23(24,25)19-7-2-3-8-26-19/h2-8,13-15H,9-12,16H2,1H3,(H,28,29,30)/b27-15+. The summed E-state index contributed by atoms with van der Waals surface area (Å²) in [6.45, 7) is 3.38. The number of alkyl halides is 2. The first-order valence-corrected chi connectivity index (χ1v) is 10.5. The Morgan fingerprint density at radius 3 is 2.76 bits per heavy atom. The van der Waals surface area contributed by atoms with E-state index in [0.29, 0.717) is 37.9 Å². The number of halogens is 2. The Morgan fingerprint density at radius 1 is 1.15 bits per heavy atom. The molecule has 2 aromatic heterocycles. The maximum absolute atomic E-state index is 14.5. The molecule has 1 aliphatic rings. The Bertz CT molecular complexity index is 1090. The lowest BCUT2D eigenvalue weighted by atomic mass is 10.2. The SMILES string of the molecule is Cc1cccc(/C=N/Nc2cc(N3CCOCC3)nc(OCC(F)(F)c3ccccn3)n2)c1. The van der Waals surface area contributed by atoms with E-state index < -0.39 is 12.5 Å². The van der Waals surface area contributed by atoms with Crippen molar-refractivity contribution in [1.82, 2.24) is 15.0 Å². The predicted octanol–water partition coefficient (Wildman–Crippen LogP) is 3.63. The molecule has 172 valence electrons. The Balaban J connectivity index is 1.52. The molecule has 8 nitrogen and oxygen atoms in total. The van der Waals surface area contributed by atoms with Crippen LogP contribution in [-0.2, 0) is 10.7 Å². The second-order valence-electron chi connectivity index (χ2n) is 7.49. The Hall–Kier alpha value is -3.66. The summed E-state index contributed by atoms with van der Waals surface area (Å²) in [6, 6.07) is 13.7. The lowest BCUT2D eigenvalue weighted by Gasteiger charge is -2.28. The number of hydrazone groups is 1. The largest absolute Gasteiger partial charge is 0.456 e. The average Bonchev–Trinajstić information content (AvgIpc) is 2.84. The topological polar surface area (TPSA) is 84.8 Å². The van der Waals surface area contributed by atoms with Crippen molar-refractivity contribution in [1.29, 1.82) is 0 Å². The molecule has 3 heterocycles. The van der Waals surface area contributed by atoms with E-state index in [1.807, 2.05) is 36.1 Å². The van der Waals surface area contributed by atoms with E-state index in [0.717, 1.165) is 11.1 Å². The van der Waals surface area contributed by atoms with Crippen LogP contribution in [0.15, 0.2) is 59.8 Å². The van der Waals surface area contributed by atoms with Crippen LogP contribution >= 0.6 is 0 Å². The summed E-state index contributed by atoms with van der Waals surface area (Å²) in [4.78, 5) is 14.2. The molecule has 0 amide bonds. The smallest absolute Gasteiger partial charge is 0.322 e. The van der Waals surface area contributed by atoms with Gasteiger partial charge in [0.25, 0.3) is 0 Å². The number of pyridine rings is 1. The van der Waals surface area contributed by atoms with E-state index in [4.69, 9.17) is 9.47 Å². The molecule has 1 N–H and O–H groups in total. The number of rotatable bonds is 8. The van der Waals surface area contributed by atoms with E-state index in [-0.39, 0.29) is 11.7 Å². The van der Waals surface area contributed by atoms with Gasteiger partial charge >= 0.3 is 11.9 Å². The summed E-state index contributed by atoms with van der Waals surface area (Å²) < 4.78 is 39.7. The van der Waals surface area contributed by atoms with Crippen LogP contribution in [0.3, 0.4) is 0 Å². The zero-order chi connectivity index (χ0) is 23.1. The van der Waals surface area contributed by atoms with Crippen molar-refractivity contribution < 1.29 is 18.3 Å². The van der Waals surface area contributed by atoms with Gasteiger partial charge in [0.15, 0.2) is 12.4 Å². The molecule has 33 heavy (non-hydrogen) atoms. The van der Waals surface area contributed by atoms with Gasteiger partial charge in [-0.15, -0.1) is 0 Å². The fourth-order valence-corrected chi connectivity index (χ4v) is 3.22.